The summed E-state index contributed by atoms with van der Waals surface area (Å²) in [5, 5.41) is 3.28. The van der Waals surface area contributed by atoms with E-state index in [4.69, 9.17) is 0 Å². The molecule has 1 amide bonds. The molecule has 0 aromatic heterocycles. The van der Waals surface area contributed by atoms with E-state index in [9.17, 15) is 13.2 Å². The first kappa shape index (κ1) is 17.4. The molecule has 1 fully saturated rings. The number of hydrazine groups is 1. The normalized spacial score (nSPS) is 15.0. The summed E-state index contributed by atoms with van der Waals surface area (Å²) in [5.74, 6) is -0.503. The standard InChI is InChI=1S/C17H20N4O3S/c22-17(19-20-25(23,24)16-7-2-1-3-8-16)14-5-4-6-15(13-14)21-11-9-18-10-12-21/h1-8,13,18,20H,9-12H2,(H,19,22). The summed E-state index contributed by atoms with van der Waals surface area (Å²) in [6.07, 6.45) is 0. The monoisotopic (exact) mass is 360 g/mol. The number of carbonyl (C=O) groups is 1. The number of anilines is 1. The fourth-order valence-corrected chi connectivity index (χ4v) is 3.47. The lowest BCUT2D eigenvalue weighted by atomic mass is 10.1. The van der Waals surface area contributed by atoms with Gasteiger partial charge in [-0.2, -0.15) is 0 Å². The first-order valence-corrected chi connectivity index (χ1v) is 9.47. The fraction of sp³-hybridized carbons (Fsp3) is 0.235. The predicted octanol–water partition coefficient (Wildman–Crippen LogP) is 0.719. The average molecular weight is 360 g/mol. The molecule has 0 unspecified atom stereocenters. The zero-order chi connectivity index (χ0) is 17.7. The fourth-order valence-electron chi connectivity index (χ4n) is 2.61. The van der Waals surface area contributed by atoms with Crippen molar-refractivity contribution in [3.05, 3.63) is 60.2 Å². The third kappa shape index (κ3) is 4.36. The van der Waals surface area contributed by atoms with Crippen LogP contribution in [-0.2, 0) is 10.0 Å². The lowest BCUT2D eigenvalue weighted by Crippen LogP contribution is -2.44. The Kier molecular flexibility index (Phi) is 5.32. The summed E-state index contributed by atoms with van der Waals surface area (Å²) >= 11 is 0. The molecule has 1 aliphatic rings. The maximum absolute atomic E-state index is 12.3. The average Bonchev–Trinajstić information content (AvgIpc) is 2.68. The molecule has 2 aromatic rings. The highest BCUT2D eigenvalue weighted by Gasteiger charge is 2.16. The van der Waals surface area contributed by atoms with Crippen LogP contribution in [0.1, 0.15) is 10.4 Å². The first-order chi connectivity index (χ1) is 12.1. The van der Waals surface area contributed by atoms with Gasteiger partial charge in [-0.3, -0.25) is 10.2 Å². The van der Waals surface area contributed by atoms with E-state index in [0.29, 0.717) is 5.56 Å². The molecule has 2 aromatic carbocycles. The van der Waals surface area contributed by atoms with Gasteiger partial charge in [-0.1, -0.05) is 24.3 Å². The number of carbonyl (C=O) groups excluding carboxylic acids is 1. The van der Waals surface area contributed by atoms with Crippen LogP contribution in [-0.4, -0.2) is 40.5 Å². The van der Waals surface area contributed by atoms with Gasteiger partial charge in [-0.15, -0.1) is 4.83 Å². The van der Waals surface area contributed by atoms with Gasteiger partial charge in [0, 0.05) is 37.4 Å². The molecule has 132 valence electrons. The van der Waals surface area contributed by atoms with E-state index in [1.165, 1.54) is 12.1 Å². The van der Waals surface area contributed by atoms with Gasteiger partial charge in [0.1, 0.15) is 0 Å². The Bertz CT molecular complexity index is 834. The van der Waals surface area contributed by atoms with Gasteiger partial charge in [0.2, 0.25) is 0 Å². The van der Waals surface area contributed by atoms with Gasteiger partial charge < -0.3 is 10.2 Å². The highest BCUT2D eigenvalue weighted by molar-refractivity contribution is 7.89. The van der Waals surface area contributed by atoms with E-state index in [1.54, 1.807) is 36.4 Å². The zero-order valence-corrected chi connectivity index (χ0v) is 14.4. The first-order valence-electron chi connectivity index (χ1n) is 7.99. The summed E-state index contributed by atoms with van der Waals surface area (Å²) in [6, 6.07) is 15.0. The van der Waals surface area contributed by atoms with Crippen molar-refractivity contribution in [1.29, 1.82) is 0 Å². The quantitative estimate of drug-likeness (QED) is 0.684. The van der Waals surface area contributed by atoms with E-state index in [1.807, 2.05) is 6.07 Å². The summed E-state index contributed by atoms with van der Waals surface area (Å²) < 4.78 is 24.3. The van der Waals surface area contributed by atoms with Crippen molar-refractivity contribution < 1.29 is 13.2 Å². The molecule has 0 atom stereocenters. The third-order valence-corrected chi connectivity index (χ3v) is 5.21. The number of benzene rings is 2. The van der Waals surface area contributed by atoms with Crippen LogP contribution in [0.25, 0.3) is 0 Å². The Balaban J connectivity index is 1.67. The second-order valence-electron chi connectivity index (χ2n) is 5.66. The van der Waals surface area contributed by atoms with E-state index in [0.717, 1.165) is 31.9 Å². The number of hydrogen-bond donors (Lipinski definition) is 3. The van der Waals surface area contributed by atoms with Crippen LogP contribution < -0.4 is 20.5 Å². The molecule has 7 nitrogen and oxygen atoms in total. The smallest absolute Gasteiger partial charge is 0.266 e. The summed E-state index contributed by atoms with van der Waals surface area (Å²) in [4.78, 5) is 16.7. The SMILES string of the molecule is O=C(NNS(=O)(=O)c1ccccc1)c1cccc(N2CCNCC2)c1. The molecule has 0 saturated carbocycles. The van der Waals surface area contributed by atoms with Crippen molar-refractivity contribution in [2.75, 3.05) is 31.1 Å². The summed E-state index contributed by atoms with van der Waals surface area (Å²) in [7, 11) is -3.79. The number of nitrogens with one attached hydrogen (secondary N) is 3. The van der Waals surface area contributed by atoms with E-state index >= 15 is 0 Å². The predicted molar refractivity (Wildman–Crippen MR) is 95.8 cm³/mol. The van der Waals surface area contributed by atoms with Crippen molar-refractivity contribution in [2.24, 2.45) is 0 Å². The van der Waals surface area contributed by atoms with Crippen molar-refractivity contribution in [1.82, 2.24) is 15.6 Å². The Morgan fingerprint density at radius 1 is 1.00 bits per heavy atom. The summed E-state index contributed by atoms with van der Waals surface area (Å²) in [5.41, 5.74) is 3.60. The van der Waals surface area contributed by atoms with Gasteiger partial charge in [-0.05, 0) is 30.3 Å². The number of piperazine rings is 1. The number of sulfonamides is 1. The third-order valence-electron chi connectivity index (χ3n) is 3.94. The van der Waals surface area contributed by atoms with Crippen LogP contribution in [0, 0.1) is 0 Å². The number of rotatable bonds is 5. The van der Waals surface area contributed by atoms with Crippen LogP contribution in [0.2, 0.25) is 0 Å². The van der Waals surface area contributed by atoms with E-state index in [-0.39, 0.29) is 4.90 Å². The van der Waals surface area contributed by atoms with Crippen LogP contribution in [0.3, 0.4) is 0 Å². The maximum atomic E-state index is 12.3. The van der Waals surface area contributed by atoms with Crippen LogP contribution in [0.15, 0.2) is 59.5 Å². The number of amides is 1. The molecule has 1 heterocycles. The van der Waals surface area contributed by atoms with Crippen LogP contribution in [0.4, 0.5) is 5.69 Å². The van der Waals surface area contributed by atoms with Crippen LogP contribution >= 0.6 is 0 Å². The van der Waals surface area contributed by atoms with Gasteiger partial charge in [0.15, 0.2) is 0 Å². The highest BCUT2D eigenvalue weighted by atomic mass is 32.2. The molecule has 25 heavy (non-hydrogen) atoms. The molecule has 8 heteroatoms. The van der Waals surface area contributed by atoms with Crippen molar-refractivity contribution >= 4 is 21.6 Å². The van der Waals surface area contributed by atoms with Gasteiger partial charge in [-0.25, -0.2) is 8.42 Å². The molecule has 1 aliphatic heterocycles. The van der Waals surface area contributed by atoms with Crippen molar-refractivity contribution in [3.8, 4) is 0 Å². The molecule has 3 N–H and O–H groups in total. The van der Waals surface area contributed by atoms with E-state index in [2.05, 4.69) is 20.5 Å². The Hall–Kier alpha value is -2.42. The van der Waals surface area contributed by atoms with Gasteiger partial charge in [0.25, 0.3) is 15.9 Å². The van der Waals surface area contributed by atoms with Crippen LogP contribution in [0.5, 0.6) is 0 Å². The molecule has 1 saturated heterocycles. The minimum Gasteiger partial charge on any atom is -0.369 e. The van der Waals surface area contributed by atoms with Gasteiger partial charge >= 0.3 is 0 Å². The lowest BCUT2D eigenvalue weighted by molar-refractivity contribution is 0.0945. The molecule has 0 aliphatic carbocycles. The molecular formula is C17H20N4O3S. The Labute approximate surface area is 147 Å². The minimum atomic E-state index is -3.79. The Morgan fingerprint density at radius 3 is 2.44 bits per heavy atom. The second kappa shape index (κ2) is 7.64. The topological polar surface area (TPSA) is 90.5 Å². The van der Waals surface area contributed by atoms with Crippen molar-refractivity contribution in [3.63, 3.8) is 0 Å². The minimum absolute atomic E-state index is 0.0878. The molecule has 0 spiro atoms. The molecular weight excluding hydrogens is 340 g/mol. The maximum Gasteiger partial charge on any atom is 0.266 e. The number of nitrogens with zero attached hydrogens (tertiary/aromatic N) is 1. The van der Waals surface area contributed by atoms with E-state index < -0.39 is 15.9 Å². The Morgan fingerprint density at radius 2 is 1.72 bits per heavy atom. The molecule has 3 rings (SSSR count). The zero-order valence-electron chi connectivity index (χ0n) is 13.6. The molecule has 0 radical (unpaired) electrons. The molecule has 0 bridgehead atoms. The number of hydrogen-bond acceptors (Lipinski definition) is 5. The second-order valence-corrected chi connectivity index (χ2v) is 7.34. The van der Waals surface area contributed by atoms with Gasteiger partial charge in [0.05, 0.1) is 4.90 Å². The van der Waals surface area contributed by atoms with Crippen molar-refractivity contribution in [2.45, 2.75) is 4.90 Å². The summed E-state index contributed by atoms with van der Waals surface area (Å²) in [6.45, 7) is 3.53. The largest absolute Gasteiger partial charge is 0.369 e. The lowest BCUT2D eigenvalue weighted by Gasteiger charge is -2.29. The highest BCUT2D eigenvalue weighted by Crippen LogP contribution is 2.16.